The number of hydrogen-bond donors (Lipinski definition) is 2. The largest absolute Gasteiger partial charge is 0.439 e. The summed E-state index contributed by atoms with van der Waals surface area (Å²) in [4.78, 5) is 8.77. The van der Waals surface area contributed by atoms with Crippen molar-refractivity contribution in [1.82, 2.24) is 10.5 Å². The average molecular weight is 375 g/mol. The van der Waals surface area contributed by atoms with Gasteiger partial charge in [-0.15, -0.1) is 0 Å². The van der Waals surface area contributed by atoms with Gasteiger partial charge in [-0.25, -0.2) is 4.98 Å². The topological polar surface area (TPSA) is 66.7 Å². The van der Waals surface area contributed by atoms with Gasteiger partial charge in [0.2, 0.25) is 5.88 Å². The van der Waals surface area contributed by atoms with Crippen LogP contribution in [0.1, 0.15) is 42.0 Å². The quantitative estimate of drug-likeness (QED) is 0.352. The van der Waals surface area contributed by atoms with E-state index in [0.29, 0.717) is 29.7 Å². The number of pyridine rings is 1. The molecule has 0 fully saturated rings. The molecule has 0 saturated heterocycles. The van der Waals surface area contributed by atoms with Gasteiger partial charge in [-0.1, -0.05) is 50.2 Å². The third-order valence-electron chi connectivity index (χ3n) is 4.53. The lowest BCUT2D eigenvalue weighted by Crippen LogP contribution is -2.20. The van der Waals surface area contributed by atoms with E-state index >= 15 is 0 Å². The maximum atomic E-state index is 9.56. The van der Waals surface area contributed by atoms with Crippen LogP contribution >= 0.6 is 0 Å². The third-order valence-corrected chi connectivity index (χ3v) is 4.53. The van der Waals surface area contributed by atoms with Crippen molar-refractivity contribution >= 4 is 5.84 Å². The first kappa shape index (κ1) is 19.6. The molecule has 1 heterocycles. The smallest absolute Gasteiger partial charge is 0.219 e. The molecule has 2 N–H and O–H groups in total. The zero-order valence-electron chi connectivity index (χ0n) is 16.4. The van der Waals surface area contributed by atoms with Crippen LogP contribution in [-0.2, 0) is 6.54 Å². The lowest BCUT2D eigenvalue weighted by atomic mass is 10.0. The van der Waals surface area contributed by atoms with Crippen LogP contribution in [0, 0.1) is 6.92 Å². The lowest BCUT2D eigenvalue weighted by Gasteiger charge is -2.11. The van der Waals surface area contributed by atoms with Gasteiger partial charge in [-0.2, -0.15) is 0 Å². The van der Waals surface area contributed by atoms with E-state index in [2.05, 4.69) is 35.4 Å². The molecule has 144 valence electrons. The first-order chi connectivity index (χ1) is 13.6. The molecule has 5 nitrogen and oxygen atoms in total. The van der Waals surface area contributed by atoms with Crippen LogP contribution in [0.5, 0.6) is 11.6 Å². The highest BCUT2D eigenvalue weighted by atomic mass is 16.5. The van der Waals surface area contributed by atoms with Crippen LogP contribution in [0.2, 0.25) is 0 Å². The molecule has 0 bridgehead atoms. The fraction of sp³-hybridized carbons (Fsp3) is 0.217. The Morgan fingerprint density at radius 3 is 2.68 bits per heavy atom. The molecule has 0 radical (unpaired) electrons. The van der Waals surface area contributed by atoms with Crippen LogP contribution in [0.15, 0.2) is 71.9 Å². The number of aryl methyl sites for hydroxylation is 1. The third kappa shape index (κ3) is 4.96. The molecule has 2 aromatic carbocycles. The van der Waals surface area contributed by atoms with E-state index in [9.17, 15) is 5.21 Å². The fourth-order valence-corrected chi connectivity index (χ4v) is 2.81. The maximum Gasteiger partial charge on any atom is 0.219 e. The molecule has 0 spiro atoms. The van der Waals surface area contributed by atoms with Gasteiger partial charge in [0.15, 0.2) is 5.84 Å². The molecule has 28 heavy (non-hydrogen) atoms. The number of amidine groups is 1. The van der Waals surface area contributed by atoms with Gasteiger partial charge >= 0.3 is 0 Å². The Labute approximate surface area is 165 Å². The first-order valence-corrected chi connectivity index (χ1v) is 9.30. The van der Waals surface area contributed by atoms with E-state index < -0.39 is 0 Å². The van der Waals surface area contributed by atoms with Crippen LogP contribution in [0.25, 0.3) is 0 Å². The number of nitrogens with one attached hydrogen (secondary N) is 1. The summed E-state index contributed by atoms with van der Waals surface area (Å²) in [7, 11) is 0. The van der Waals surface area contributed by atoms with E-state index in [1.54, 1.807) is 18.3 Å². The summed E-state index contributed by atoms with van der Waals surface area (Å²) in [5, 5.41) is 9.56. The molecule has 0 saturated carbocycles. The van der Waals surface area contributed by atoms with Crippen molar-refractivity contribution in [1.29, 1.82) is 0 Å². The van der Waals surface area contributed by atoms with Crippen LogP contribution in [0.4, 0.5) is 0 Å². The number of hydroxylamine groups is 1. The molecule has 3 aromatic rings. The fourth-order valence-electron chi connectivity index (χ4n) is 2.81. The standard InChI is InChI=1S/C23H25N3O2/c1-16(2)18-9-6-10-21(13-18)28-22-14-19(11-12-24-22)23(26-27)25-15-20-8-5-4-7-17(20)3/h4-14,16,27H,15H2,1-3H3,(H,25,26). The minimum absolute atomic E-state index is 0.367. The highest BCUT2D eigenvalue weighted by molar-refractivity contribution is 5.98. The monoisotopic (exact) mass is 375 g/mol. The molecule has 0 aliphatic rings. The molecular formula is C23H25N3O2. The minimum Gasteiger partial charge on any atom is -0.439 e. The van der Waals surface area contributed by atoms with Crippen molar-refractivity contribution in [2.24, 2.45) is 4.99 Å². The predicted octanol–water partition coefficient (Wildman–Crippen LogP) is 5.23. The van der Waals surface area contributed by atoms with Crippen molar-refractivity contribution < 1.29 is 9.94 Å². The van der Waals surface area contributed by atoms with Crippen molar-refractivity contribution in [3.63, 3.8) is 0 Å². The van der Waals surface area contributed by atoms with E-state index in [1.807, 2.05) is 49.4 Å². The second kappa shape index (κ2) is 9.15. The molecule has 0 aliphatic heterocycles. The average Bonchev–Trinajstić information content (AvgIpc) is 2.70. The van der Waals surface area contributed by atoms with E-state index in [0.717, 1.165) is 16.9 Å². The van der Waals surface area contributed by atoms with E-state index in [1.165, 1.54) is 5.56 Å². The van der Waals surface area contributed by atoms with Crippen molar-refractivity contribution in [3.8, 4) is 11.6 Å². The number of benzene rings is 2. The SMILES string of the molecule is Cc1ccccc1CN=C(NO)c1ccnc(Oc2cccc(C(C)C)c2)c1. The van der Waals surface area contributed by atoms with Crippen LogP contribution < -0.4 is 10.2 Å². The van der Waals surface area contributed by atoms with Gasteiger partial charge in [-0.05, 0) is 47.7 Å². The zero-order valence-corrected chi connectivity index (χ0v) is 16.4. The number of ether oxygens (including phenoxy) is 1. The van der Waals surface area contributed by atoms with Gasteiger partial charge in [0.25, 0.3) is 0 Å². The first-order valence-electron chi connectivity index (χ1n) is 9.30. The Bertz CT molecular complexity index is 967. The lowest BCUT2D eigenvalue weighted by molar-refractivity contribution is 0.234. The Morgan fingerprint density at radius 2 is 1.93 bits per heavy atom. The van der Waals surface area contributed by atoms with Gasteiger partial charge in [0.1, 0.15) is 5.75 Å². The second-order valence-electron chi connectivity index (χ2n) is 6.92. The van der Waals surface area contributed by atoms with Crippen molar-refractivity contribution in [3.05, 3.63) is 89.1 Å². The Hall–Kier alpha value is -3.18. The Kier molecular flexibility index (Phi) is 6.40. The number of aromatic nitrogens is 1. The summed E-state index contributed by atoms with van der Waals surface area (Å²) >= 11 is 0. The van der Waals surface area contributed by atoms with E-state index in [-0.39, 0.29) is 0 Å². The maximum absolute atomic E-state index is 9.56. The summed E-state index contributed by atoms with van der Waals surface area (Å²) in [5.74, 6) is 1.96. The van der Waals surface area contributed by atoms with Gasteiger partial charge in [0.05, 0.1) is 6.54 Å². The molecule has 0 unspecified atom stereocenters. The molecule has 0 atom stereocenters. The summed E-state index contributed by atoms with van der Waals surface area (Å²) in [5.41, 5.74) is 6.35. The highest BCUT2D eigenvalue weighted by Crippen LogP contribution is 2.24. The minimum atomic E-state index is 0.367. The van der Waals surface area contributed by atoms with E-state index in [4.69, 9.17) is 4.74 Å². The number of hydrogen-bond acceptors (Lipinski definition) is 4. The summed E-state index contributed by atoms with van der Waals surface area (Å²) in [6.45, 7) is 6.79. The molecule has 5 heteroatoms. The summed E-state index contributed by atoms with van der Waals surface area (Å²) in [6.07, 6.45) is 1.64. The van der Waals surface area contributed by atoms with Crippen molar-refractivity contribution in [2.45, 2.75) is 33.2 Å². The molecule has 3 rings (SSSR count). The normalized spacial score (nSPS) is 11.5. The molecular weight excluding hydrogens is 350 g/mol. The van der Waals surface area contributed by atoms with Crippen LogP contribution in [-0.4, -0.2) is 16.0 Å². The number of rotatable bonds is 6. The highest BCUT2D eigenvalue weighted by Gasteiger charge is 2.08. The number of nitrogens with zero attached hydrogens (tertiary/aromatic N) is 2. The molecule has 0 amide bonds. The van der Waals surface area contributed by atoms with Crippen LogP contribution in [0.3, 0.4) is 0 Å². The number of aliphatic imine (C=N–C) groups is 1. The predicted molar refractivity (Wildman–Crippen MR) is 111 cm³/mol. The van der Waals surface area contributed by atoms with Gasteiger partial charge < -0.3 is 4.74 Å². The summed E-state index contributed by atoms with van der Waals surface area (Å²) < 4.78 is 5.91. The molecule has 0 aliphatic carbocycles. The van der Waals surface area contributed by atoms with Crippen molar-refractivity contribution in [2.75, 3.05) is 0 Å². The van der Waals surface area contributed by atoms with Gasteiger partial charge in [-0.3, -0.25) is 15.7 Å². The summed E-state index contributed by atoms with van der Waals surface area (Å²) in [6, 6.07) is 19.5. The Morgan fingerprint density at radius 1 is 1.11 bits per heavy atom. The second-order valence-corrected chi connectivity index (χ2v) is 6.92. The molecule has 1 aromatic heterocycles. The zero-order chi connectivity index (χ0) is 19.9. The Balaban J connectivity index is 1.80. The van der Waals surface area contributed by atoms with Gasteiger partial charge in [0, 0.05) is 17.8 Å².